The summed E-state index contributed by atoms with van der Waals surface area (Å²) in [4.78, 5) is 17.3. The Balaban J connectivity index is 3.01. The molecule has 3 N–H and O–H groups in total. The molecular formula is C12H27O4P. The Morgan fingerprint density at radius 2 is 1.00 bits per heavy atom. The van der Waals surface area contributed by atoms with E-state index in [-0.39, 0.29) is 6.16 Å². The molecule has 0 aromatic carbocycles. The van der Waals surface area contributed by atoms with Crippen molar-refractivity contribution in [3.8, 4) is 0 Å². The Labute approximate surface area is 105 Å². The lowest BCUT2D eigenvalue weighted by Gasteiger charge is -2.04. The topological polar surface area (TPSA) is 77.8 Å². The minimum Gasteiger partial charge on any atom is -0.396 e. The van der Waals surface area contributed by atoms with Crippen molar-refractivity contribution in [2.24, 2.45) is 0 Å². The fourth-order valence-electron chi connectivity index (χ4n) is 1.84. The molecule has 0 aromatic rings. The highest BCUT2D eigenvalue weighted by atomic mass is 31.2. The molecule has 0 aliphatic heterocycles. The van der Waals surface area contributed by atoms with E-state index < -0.39 is 7.60 Å². The summed E-state index contributed by atoms with van der Waals surface area (Å²) >= 11 is 0. The van der Waals surface area contributed by atoms with E-state index >= 15 is 0 Å². The third-order valence-electron chi connectivity index (χ3n) is 2.86. The first kappa shape index (κ1) is 17.1. The molecule has 17 heavy (non-hydrogen) atoms. The van der Waals surface area contributed by atoms with Crippen LogP contribution in [0.5, 0.6) is 0 Å². The van der Waals surface area contributed by atoms with Crippen LogP contribution < -0.4 is 0 Å². The van der Waals surface area contributed by atoms with Crippen molar-refractivity contribution in [1.29, 1.82) is 0 Å². The molecule has 0 rings (SSSR count). The molecule has 0 radical (unpaired) electrons. The molecule has 0 saturated carbocycles. The van der Waals surface area contributed by atoms with Gasteiger partial charge in [0.1, 0.15) is 0 Å². The summed E-state index contributed by atoms with van der Waals surface area (Å²) in [6.07, 6.45) is 10.8. The molecule has 0 aliphatic carbocycles. The largest absolute Gasteiger partial charge is 0.396 e. The van der Waals surface area contributed by atoms with Crippen molar-refractivity contribution in [3.05, 3.63) is 0 Å². The fourth-order valence-corrected chi connectivity index (χ4v) is 2.48. The number of rotatable bonds is 12. The minimum atomic E-state index is -3.76. The van der Waals surface area contributed by atoms with Crippen LogP contribution in [-0.4, -0.2) is 27.7 Å². The van der Waals surface area contributed by atoms with Crippen molar-refractivity contribution < 1.29 is 19.5 Å². The smallest absolute Gasteiger partial charge is 0.325 e. The Hall–Kier alpha value is 0.110. The van der Waals surface area contributed by atoms with Gasteiger partial charge in [-0.2, -0.15) is 0 Å². The number of aliphatic hydroxyl groups excluding tert-OH is 1. The molecule has 0 unspecified atom stereocenters. The van der Waals surface area contributed by atoms with Gasteiger partial charge >= 0.3 is 7.60 Å². The van der Waals surface area contributed by atoms with Crippen LogP contribution in [0.3, 0.4) is 0 Å². The Morgan fingerprint density at radius 3 is 1.35 bits per heavy atom. The standard InChI is InChI=1S/C12H27O4P/c13-11-9-7-5-3-1-2-4-6-8-10-12-17(14,15)16/h13H,1-12H2,(H2,14,15,16). The zero-order chi connectivity index (χ0) is 13.0. The van der Waals surface area contributed by atoms with Crippen LogP contribution in [0.2, 0.25) is 0 Å². The van der Waals surface area contributed by atoms with Gasteiger partial charge in [0.05, 0.1) is 0 Å². The van der Waals surface area contributed by atoms with E-state index in [1.807, 2.05) is 0 Å². The fraction of sp³-hybridized carbons (Fsp3) is 1.00. The molecule has 0 saturated heterocycles. The monoisotopic (exact) mass is 266 g/mol. The highest BCUT2D eigenvalue weighted by Gasteiger charge is 2.10. The van der Waals surface area contributed by atoms with Crippen LogP contribution in [0.15, 0.2) is 0 Å². The van der Waals surface area contributed by atoms with Gasteiger partial charge in [0.2, 0.25) is 0 Å². The normalized spacial score (nSPS) is 11.9. The molecule has 0 atom stereocenters. The van der Waals surface area contributed by atoms with Gasteiger partial charge in [0.15, 0.2) is 0 Å². The third kappa shape index (κ3) is 16.1. The van der Waals surface area contributed by atoms with Crippen LogP contribution in [0.4, 0.5) is 0 Å². The summed E-state index contributed by atoms with van der Waals surface area (Å²) in [7, 11) is -3.76. The van der Waals surface area contributed by atoms with Gasteiger partial charge in [-0.25, -0.2) is 0 Å². The SMILES string of the molecule is O=P(O)(O)CCCCCCCCCCCCO. The van der Waals surface area contributed by atoms with Gasteiger partial charge < -0.3 is 14.9 Å². The maximum atomic E-state index is 10.6. The minimum absolute atomic E-state index is 0.0359. The van der Waals surface area contributed by atoms with Crippen LogP contribution in [-0.2, 0) is 4.57 Å². The van der Waals surface area contributed by atoms with Gasteiger partial charge in [-0.05, 0) is 12.8 Å². The number of aliphatic hydroxyl groups is 1. The quantitative estimate of drug-likeness (QED) is 0.375. The summed E-state index contributed by atoms with van der Waals surface area (Å²) in [5.41, 5.74) is 0. The van der Waals surface area contributed by atoms with E-state index in [1.54, 1.807) is 0 Å². The summed E-state index contributed by atoms with van der Waals surface area (Å²) in [6, 6.07) is 0. The van der Waals surface area contributed by atoms with E-state index in [1.165, 1.54) is 32.1 Å². The average Bonchev–Trinajstić information content (AvgIpc) is 2.24. The summed E-state index contributed by atoms with van der Waals surface area (Å²) in [5, 5.41) is 8.59. The summed E-state index contributed by atoms with van der Waals surface area (Å²) in [5.74, 6) is 0. The lowest BCUT2D eigenvalue weighted by Crippen LogP contribution is -1.88. The van der Waals surface area contributed by atoms with Gasteiger partial charge in [-0.3, -0.25) is 4.57 Å². The maximum absolute atomic E-state index is 10.6. The molecule has 0 bridgehead atoms. The summed E-state index contributed by atoms with van der Waals surface area (Å²) < 4.78 is 10.6. The van der Waals surface area contributed by atoms with Gasteiger partial charge in [0.25, 0.3) is 0 Å². The molecule has 0 aliphatic rings. The van der Waals surface area contributed by atoms with Crippen molar-refractivity contribution in [3.63, 3.8) is 0 Å². The van der Waals surface area contributed by atoms with E-state index in [0.29, 0.717) is 13.0 Å². The van der Waals surface area contributed by atoms with Crippen molar-refractivity contribution in [1.82, 2.24) is 0 Å². The molecule has 104 valence electrons. The lowest BCUT2D eigenvalue weighted by atomic mass is 10.1. The number of hydrogen-bond donors (Lipinski definition) is 3. The van der Waals surface area contributed by atoms with Gasteiger partial charge in [-0.1, -0.05) is 51.4 Å². The zero-order valence-electron chi connectivity index (χ0n) is 10.7. The van der Waals surface area contributed by atoms with E-state index in [4.69, 9.17) is 14.9 Å². The van der Waals surface area contributed by atoms with Gasteiger partial charge in [0, 0.05) is 12.8 Å². The second-order valence-electron chi connectivity index (χ2n) is 4.65. The molecular weight excluding hydrogens is 239 g/mol. The molecule has 0 amide bonds. The second kappa shape index (κ2) is 11.2. The first-order valence-electron chi connectivity index (χ1n) is 6.72. The Bertz CT molecular complexity index is 203. The van der Waals surface area contributed by atoms with Crippen molar-refractivity contribution >= 4 is 7.60 Å². The first-order valence-corrected chi connectivity index (χ1v) is 8.51. The maximum Gasteiger partial charge on any atom is 0.325 e. The third-order valence-corrected chi connectivity index (χ3v) is 3.76. The summed E-state index contributed by atoms with van der Waals surface area (Å²) in [6.45, 7) is 0.305. The van der Waals surface area contributed by atoms with Crippen molar-refractivity contribution in [2.45, 2.75) is 64.2 Å². The van der Waals surface area contributed by atoms with Crippen LogP contribution in [0.1, 0.15) is 64.2 Å². The highest BCUT2D eigenvalue weighted by molar-refractivity contribution is 7.51. The molecule has 5 heteroatoms. The average molecular weight is 266 g/mol. The Morgan fingerprint density at radius 1 is 0.647 bits per heavy atom. The Kier molecular flexibility index (Phi) is 11.3. The molecule has 4 nitrogen and oxygen atoms in total. The van der Waals surface area contributed by atoms with Crippen molar-refractivity contribution in [2.75, 3.05) is 12.8 Å². The number of unbranched alkanes of at least 4 members (excludes halogenated alkanes) is 9. The van der Waals surface area contributed by atoms with Crippen LogP contribution >= 0.6 is 7.60 Å². The molecule has 0 fully saturated rings. The molecule has 0 spiro atoms. The number of hydrogen-bond acceptors (Lipinski definition) is 2. The van der Waals surface area contributed by atoms with E-state index in [2.05, 4.69) is 0 Å². The molecule has 0 aromatic heterocycles. The second-order valence-corrected chi connectivity index (χ2v) is 6.42. The molecule has 0 heterocycles. The predicted molar refractivity (Wildman–Crippen MR) is 70.2 cm³/mol. The van der Waals surface area contributed by atoms with E-state index in [0.717, 1.165) is 25.7 Å². The predicted octanol–water partition coefficient (Wildman–Crippen LogP) is 3.06. The lowest BCUT2D eigenvalue weighted by molar-refractivity contribution is 0.282. The first-order chi connectivity index (χ1) is 8.06. The highest BCUT2D eigenvalue weighted by Crippen LogP contribution is 2.35. The van der Waals surface area contributed by atoms with Crippen LogP contribution in [0.25, 0.3) is 0 Å². The van der Waals surface area contributed by atoms with E-state index in [9.17, 15) is 4.57 Å². The zero-order valence-corrected chi connectivity index (χ0v) is 11.6. The van der Waals surface area contributed by atoms with Gasteiger partial charge in [-0.15, -0.1) is 0 Å². The van der Waals surface area contributed by atoms with Crippen LogP contribution in [0, 0.1) is 0 Å².